The van der Waals surface area contributed by atoms with Gasteiger partial charge in [0.25, 0.3) is 0 Å². The lowest BCUT2D eigenvalue weighted by Gasteiger charge is -2.20. The predicted octanol–water partition coefficient (Wildman–Crippen LogP) is 4.48. The van der Waals surface area contributed by atoms with Crippen molar-refractivity contribution in [2.75, 3.05) is 6.61 Å². The number of rotatable bonds is 6. The molecule has 2 rings (SSSR count). The van der Waals surface area contributed by atoms with Crippen LogP contribution in [0.1, 0.15) is 49.3 Å². The molecule has 0 aliphatic heterocycles. The molecule has 0 unspecified atom stereocenters. The Hall–Kier alpha value is -1.80. The second-order valence-electron chi connectivity index (χ2n) is 5.78. The molecule has 0 saturated heterocycles. The fraction of sp³-hybridized carbons (Fsp3) is 0.368. The van der Waals surface area contributed by atoms with Gasteiger partial charge in [-0.25, -0.2) is 0 Å². The Labute approximate surface area is 127 Å². The summed E-state index contributed by atoms with van der Waals surface area (Å²) in [5.74, 6) is 1.40. The minimum atomic E-state index is 0.0782. The van der Waals surface area contributed by atoms with Crippen LogP contribution in [0.5, 0.6) is 5.75 Å². The van der Waals surface area contributed by atoms with Crippen molar-refractivity contribution >= 4 is 0 Å². The Balaban J connectivity index is 2.30. The van der Waals surface area contributed by atoms with Crippen LogP contribution in [0.15, 0.2) is 48.5 Å². The largest absolute Gasteiger partial charge is 0.488 e. The van der Waals surface area contributed by atoms with Crippen LogP contribution in [-0.2, 0) is 6.61 Å². The van der Waals surface area contributed by atoms with E-state index in [4.69, 9.17) is 4.74 Å². The lowest BCUT2D eigenvalue weighted by Crippen LogP contribution is -2.07. The van der Waals surface area contributed by atoms with Crippen molar-refractivity contribution in [1.29, 1.82) is 0 Å². The lowest BCUT2D eigenvalue weighted by atomic mass is 9.93. The van der Waals surface area contributed by atoms with Crippen molar-refractivity contribution in [2.45, 2.75) is 39.2 Å². The van der Waals surface area contributed by atoms with E-state index in [0.29, 0.717) is 12.5 Å². The molecule has 0 saturated carbocycles. The van der Waals surface area contributed by atoms with E-state index < -0.39 is 0 Å². The van der Waals surface area contributed by atoms with Crippen molar-refractivity contribution in [1.82, 2.24) is 0 Å². The van der Waals surface area contributed by atoms with Gasteiger partial charge in [-0.3, -0.25) is 0 Å². The molecule has 0 aliphatic rings. The van der Waals surface area contributed by atoms with Gasteiger partial charge in [-0.05, 0) is 22.6 Å². The standard InChI is InChI=1S/C19H24O2/c1-14(2)17-10-7-11-18(15(3)12-20)19(17)21-13-16-8-5-4-6-9-16/h4-11,14-15,20H,12-13H2,1-3H3/t15-/m1/s1. The lowest BCUT2D eigenvalue weighted by molar-refractivity contribution is 0.261. The fourth-order valence-corrected chi connectivity index (χ4v) is 2.41. The van der Waals surface area contributed by atoms with E-state index in [1.807, 2.05) is 37.3 Å². The molecule has 2 aromatic rings. The SMILES string of the molecule is CC(C)c1cccc([C@H](C)CO)c1OCc1ccccc1. The number of hydrogen-bond acceptors (Lipinski definition) is 2. The number of aliphatic hydroxyl groups excluding tert-OH is 1. The van der Waals surface area contributed by atoms with Crippen LogP contribution >= 0.6 is 0 Å². The first-order chi connectivity index (χ1) is 10.1. The zero-order valence-corrected chi connectivity index (χ0v) is 13.0. The highest BCUT2D eigenvalue weighted by Crippen LogP contribution is 2.35. The first-order valence-electron chi connectivity index (χ1n) is 7.53. The Kier molecular flexibility index (Phi) is 5.40. The smallest absolute Gasteiger partial charge is 0.126 e. The van der Waals surface area contributed by atoms with Gasteiger partial charge in [0.2, 0.25) is 0 Å². The van der Waals surface area contributed by atoms with Gasteiger partial charge < -0.3 is 9.84 Å². The van der Waals surface area contributed by atoms with Crippen LogP contribution in [0.2, 0.25) is 0 Å². The van der Waals surface area contributed by atoms with Crippen molar-refractivity contribution < 1.29 is 9.84 Å². The molecule has 0 aliphatic carbocycles. The molecule has 112 valence electrons. The highest BCUT2D eigenvalue weighted by atomic mass is 16.5. The minimum Gasteiger partial charge on any atom is -0.488 e. The van der Waals surface area contributed by atoms with Gasteiger partial charge in [-0.1, -0.05) is 69.3 Å². The number of hydrogen-bond donors (Lipinski definition) is 1. The van der Waals surface area contributed by atoms with Gasteiger partial charge in [-0.15, -0.1) is 0 Å². The zero-order chi connectivity index (χ0) is 15.2. The van der Waals surface area contributed by atoms with Gasteiger partial charge >= 0.3 is 0 Å². The summed E-state index contributed by atoms with van der Waals surface area (Å²) in [5.41, 5.74) is 3.43. The average Bonchev–Trinajstić information content (AvgIpc) is 2.52. The van der Waals surface area contributed by atoms with Gasteiger partial charge in [0.1, 0.15) is 12.4 Å². The predicted molar refractivity (Wildman–Crippen MR) is 86.8 cm³/mol. The normalized spacial score (nSPS) is 12.4. The fourth-order valence-electron chi connectivity index (χ4n) is 2.41. The van der Waals surface area contributed by atoms with Crippen LogP contribution < -0.4 is 4.74 Å². The number of para-hydroxylation sites is 1. The second kappa shape index (κ2) is 7.28. The molecule has 0 amide bonds. The molecule has 0 radical (unpaired) electrons. The topological polar surface area (TPSA) is 29.5 Å². The third-order valence-corrected chi connectivity index (χ3v) is 3.73. The Morgan fingerprint density at radius 2 is 1.57 bits per heavy atom. The highest BCUT2D eigenvalue weighted by Gasteiger charge is 2.16. The van der Waals surface area contributed by atoms with E-state index in [9.17, 15) is 5.11 Å². The van der Waals surface area contributed by atoms with Crippen molar-refractivity contribution in [3.8, 4) is 5.75 Å². The molecule has 2 nitrogen and oxygen atoms in total. The zero-order valence-electron chi connectivity index (χ0n) is 13.0. The molecular weight excluding hydrogens is 260 g/mol. The quantitative estimate of drug-likeness (QED) is 0.847. The number of ether oxygens (including phenoxy) is 1. The molecule has 2 heteroatoms. The number of aliphatic hydroxyl groups is 1. The summed E-state index contributed by atoms with van der Waals surface area (Å²) < 4.78 is 6.13. The van der Waals surface area contributed by atoms with Crippen LogP contribution in [0, 0.1) is 0 Å². The van der Waals surface area contributed by atoms with E-state index >= 15 is 0 Å². The van der Waals surface area contributed by atoms with E-state index in [1.165, 1.54) is 5.56 Å². The summed E-state index contributed by atoms with van der Waals surface area (Å²) in [6, 6.07) is 16.4. The minimum absolute atomic E-state index is 0.0782. The number of benzene rings is 2. The maximum absolute atomic E-state index is 9.47. The van der Waals surface area contributed by atoms with Gasteiger partial charge in [0.15, 0.2) is 0 Å². The molecule has 0 aromatic heterocycles. The Morgan fingerprint density at radius 3 is 2.19 bits per heavy atom. The molecule has 0 spiro atoms. The maximum atomic E-state index is 9.47. The molecule has 21 heavy (non-hydrogen) atoms. The Bertz CT molecular complexity index is 561. The van der Waals surface area contributed by atoms with Crippen molar-refractivity contribution in [2.24, 2.45) is 0 Å². The Morgan fingerprint density at radius 1 is 0.905 bits per heavy atom. The second-order valence-corrected chi connectivity index (χ2v) is 5.78. The highest BCUT2D eigenvalue weighted by molar-refractivity contribution is 5.45. The van der Waals surface area contributed by atoms with E-state index in [0.717, 1.165) is 16.9 Å². The maximum Gasteiger partial charge on any atom is 0.126 e. The monoisotopic (exact) mass is 284 g/mol. The van der Waals surface area contributed by atoms with E-state index in [1.54, 1.807) is 0 Å². The van der Waals surface area contributed by atoms with Crippen LogP contribution in [-0.4, -0.2) is 11.7 Å². The van der Waals surface area contributed by atoms with Crippen LogP contribution in [0.4, 0.5) is 0 Å². The van der Waals surface area contributed by atoms with Gasteiger partial charge in [-0.2, -0.15) is 0 Å². The third-order valence-electron chi connectivity index (χ3n) is 3.73. The first-order valence-corrected chi connectivity index (χ1v) is 7.53. The summed E-state index contributed by atoms with van der Waals surface area (Å²) in [5, 5.41) is 9.47. The van der Waals surface area contributed by atoms with E-state index in [2.05, 4.69) is 32.0 Å². The first kappa shape index (κ1) is 15.6. The van der Waals surface area contributed by atoms with Crippen LogP contribution in [0.3, 0.4) is 0 Å². The van der Waals surface area contributed by atoms with Gasteiger partial charge in [0, 0.05) is 12.5 Å². The molecule has 1 atom stereocenters. The molecule has 0 heterocycles. The van der Waals surface area contributed by atoms with Crippen LogP contribution in [0.25, 0.3) is 0 Å². The molecule has 1 N–H and O–H groups in total. The molecule has 2 aromatic carbocycles. The van der Waals surface area contributed by atoms with Gasteiger partial charge in [0.05, 0.1) is 0 Å². The van der Waals surface area contributed by atoms with Crippen molar-refractivity contribution in [3.05, 3.63) is 65.2 Å². The molecule has 0 bridgehead atoms. The summed E-state index contributed by atoms with van der Waals surface area (Å²) in [6.07, 6.45) is 0. The molecule has 0 fully saturated rings. The molecular formula is C19H24O2. The summed E-state index contributed by atoms with van der Waals surface area (Å²) in [6.45, 7) is 7.03. The van der Waals surface area contributed by atoms with E-state index in [-0.39, 0.29) is 12.5 Å². The average molecular weight is 284 g/mol. The van der Waals surface area contributed by atoms with Crippen molar-refractivity contribution in [3.63, 3.8) is 0 Å². The summed E-state index contributed by atoms with van der Waals surface area (Å²) in [4.78, 5) is 0. The summed E-state index contributed by atoms with van der Waals surface area (Å²) in [7, 11) is 0. The summed E-state index contributed by atoms with van der Waals surface area (Å²) >= 11 is 0. The third kappa shape index (κ3) is 3.85.